The van der Waals surface area contributed by atoms with Crippen LogP contribution in [0.25, 0.3) is 11.3 Å². The van der Waals surface area contributed by atoms with Crippen LogP contribution in [-0.2, 0) is 11.3 Å². The lowest BCUT2D eigenvalue weighted by Gasteiger charge is -2.26. The average Bonchev–Trinajstić information content (AvgIpc) is 3.16. The number of rotatable bonds is 7. The van der Waals surface area contributed by atoms with Gasteiger partial charge in [0.05, 0.1) is 19.4 Å². The molecule has 0 radical (unpaired) electrons. The summed E-state index contributed by atoms with van der Waals surface area (Å²) in [5, 5.41) is 6.63. The number of aryl methyl sites for hydroxylation is 1. The second kappa shape index (κ2) is 12.0. The van der Waals surface area contributed by atoms with Crippen LogP contribution in [0.15, 0.2) is 39.9 Å². The Morgan fingerprint density at radius 1 is 1.18 bits per heavy atom. The van der Waals surface area contributed by atoms with Gasteiger partial charge in [0.25, 0.3) is 0 Å². The number of guanidine groups is 1. The van der Waals surface area contributed by atoms with E-state index < -0.39 is 0 Å². The van der Waals surface area contributed by atoms with Crippen LogP contribution in [0.4, 0.5) is 0 Å². The number of hydrogen-bond donors (Lipinski definition) is 2. The average molecular weight is 499 g/mol. The van der Waals surface area contributed by atoms with E-state index >= 15 is 0 Å². The molecule has 2 N–H and O–H groups in total. The molecule has 2 aromatic rings. The molecule has 0 bridgehead atoms. The molecule has 0 spiro atoms. The number of hydrogen-bond acceptors (Lipinski definition) is 5. The first-order chi connectivity index (χ1) is 13.2. The van der Waals surface area contributed by atoms with E-state index in [0.717, 1.165) is 63.2 Å². The molecule has 0 amide bonds. The Morgan fingerprint density at radius 3 is 2.64 bits per heavy atom. The van der Waals surface area contributed by atoms with Crippen LogP contribution >= 0.6 is 24.0 Å². The predicted molar refractivity (Wildman–Crippen MR) is 122 cm³/mol. The molecule has 8 heteroatoms. The molecule has 1 aromatic carbocycles. The number of aliphatic imine (C=N–C) groups is 1. The highest BCUT2D eigenvalue weighted by Crippen LogP contribution is 2.20. The monoisotopic (exact) mass is 499 g/mol. The molecule has 7 nitrogen and oxygen atoms in total. The number of halogens is 1. The fraction of sp³-hybridized carbons (Fsp3) is 0.500. The number of benzene rings is 1. The zero-order valence-corrected chi connectivity index (χ0v) is 18.9. The summed E-state index contributed by atoms with van der Waals surface area (Å²) in [6.45, 7) is 10.8. The van der Waals surface area contributed by atoms with Crippen LogP contribution in [-0.4, -0.2) is 61.8 Å². The Balaban J connectivity index is 0.00000280. The number of morpholine rings is 1. The number of nitrogens with zero attached hydrogens (tertiary/aromatic N) is 3. The second-order valence-electron chi connectivity index (χ2n) is 6.56. The van der Waals surface area contributed by atoms with Gasteiger partial charge in [-0.1, -0.05) is 29.8 Å². The quantitative estimate of drug-likeness (QED) is 0.347. The Morgan fingerprint density at radius 2 is 1.93 bits per heavy atom. The molecule has 1 aromatic heterocycles. The third kappa shape index (κ3) is 7.06. The highest BCUT2D eigenvalue weighted by atomic mass is 127. The highest BCUT2D eigenvalue weighted by molar-refractivity contribution is 14.0. The van der Waals surface area contributed by atoms with E-state index in [1.807, 2.05) is 12.1 Å². The van der Waals surface area contributed by atoms with Crippen molar-refractivity contribution in [2.45, 2.75) is 20.4 Å². The summed E-state index contributed by atoms with van der Waals surface area (Å²) in [5.74, 6) is 2.15. The molecule has 0 atom stereocenters. The summed E-state index contributed by atoms with van der Waals surface area (Å²) >= 11 is 0. The summed E-state index contributed by atoms with van der Waals surface area (Å²) in [4.78, 5) is 11.3. The van der Waals surface area contributed by atoms with Gasteiger partial charge in [-0.3, -0.25) is 4.90 Å². The molecular weight excluding hydrogens is 469 g/mol. The molecule has 3 rings (SSSR count). The number of ether oxygens (including phenoxy) is 1. The summed E-state index contributed by atoms with van der Waals surface area (Å²) < 4.78 is 11.2. The van der Waals surface area contributed by atoms with E-state index in [0.29, 0.717) is 12.4 Å². The van der Waals surface area contributed by atoms with Crippen LogP contribution in [0, 0.1) is 6.92 Å². The molecule has 0 saturated carbocycles. The van der Waals surface area contributed by atoms with E-state index in [4.69, 9.17) is 9.15 Å². The van der Waals surface area contributed by atoms with Crippen molar-refractivity contribution in [1.82, 2.24) is 20.5 Å². The molecule has 2 heterocycles. The first kappa shape index (κ1) is 22.6. The smallest absolute Gasteiger partial charge is 0.216 e. The SMILES string of the molecule is CCNC(=NCc1ncc(-c2ccc(C)cc2)o1)NCCN1CCOCC1.I. The maximum absolute atomic E-state index is 5.84. The van der Waals surface area contributed by atoms with E-state index in [2.05, 4.69) is 51.5 Å². The highest BCUT2D eigenvalue weighted by Gasteiger charge is 2.10. The second-order valence-corrected chi connectivity index (χ2v) is 6.56. The van der Waals surface area contributed by atoms with E-state index in [9.17, 15) is 0 Å². The molecule has 1 saturated heterocycles. The zero-order chi connectivity index (χ0) is 18.9. The fourth-order valence-corrected chi connectivity index (χ4v) is 2.88. The van der Waals surface area contributed by atoms with Crippen LogP contribution in [0.3, 0.4) is 0 Å². The van der Waals surface area contributed by atoms with Crippen molar-refractivity contribution < 1.29 is 9.15 Å². The minimum absolute atomic E-state index is 0. The summed E-state index contributed by atoms with van der Waals surface area (Å²) in [6, 6.07) is 8.22. The summed E-state index contributed by atoms with van der Waals surface area (Å²) in [7, 11) is 0. The van der Waals surface area contributed by atoms with Gasteiger partial charge in [0.15, 0.2) is 11.7 Å². The number of oxazole rings is 1. The molecule has 1 aliphatic rings. The largest absolute Gasteiger partial charge is 0.439 e. The maximum Gasteiger partial charge on any atom is 0.216 e. The minimum Gasteiger partial charge on any atom is -0.439 e. The van der Waals surface area contributed by atoms with Crippen LogP contribution in [0.2, 0.25) is 0 Å². The summed E-state index contributed by atoms with van der Waals surface area (Å²) in [6.07, 6.45) is 1.76. The molecule has 1 aliphatic heterocycles. The Bertz CT molecular complexity index is 726. The maximum atomic E-state index is 5.84. The zero-order valence-electron chi connectivity index (χ0n) is 16.6. The van der Waals surface area contributed by atoms with Gasteiger partial charge in [-0.15, -0.1) is 24.0 Å². The van der Waals surface area contributed by atoms with Gasteiger partial charge in [0.1, 0.15) is 6.54 Å². The van der Waals surface area contributed by atoms with Crippen LogP contribution < -0.4 is 10.6 Å². The molecule has 0 aliphatic carbocycles. The lowest BCUT2D eigenvalue weighted by Crippen LogP contribution is -2.44. The van der Waals surface area contributed by atoms with Gasteiger partial charge < -0.3 is 19.8 Å². The lowest BCUT2D eigenvalue weighted by molar-refractivity contribution is 0.0389. The van der Waals surface area contributed by atoms with Gasteiger partial charge in [-0.25, -0.2) is 9.98 Å². The lowest BCUT2D eigenvalue weighted by atomic mass is 10.1. The first-order valence-electron chi connectivity index (χ1n) is 9.58. The minimum atomic E-state index is 0. The number of aromatic nitrogens is 1. The number of nitrogens with one attached hydrogen (secondary N) is 2. The fourth-order valence-electron chi connectivity index (χ4n) is 2.88. The normalized spacial score (nSPS) is 15.1. The van der Waals surface area contributed by atoms with Crippen LogP contribution in [0.5, 0.6) is 0 Å². The van der Waals surface area contributed by atoms with Gasteiger partial charge >= 0.3 is 0 Å². The van der Waals surface area contributed by atoms with Crippen molar-refractivity contribution in [3.05, 3.63) is 41.9 Å². The third-order valence-corrected chi connectivity index (χ3v) is 4.43. The predicted octanol–water partition coefficient (Wildman–Crippen LogP) is 2.66. The summed E-state index contributed by atoms with van der Waals surface area (Å²) in [5.41, 5.74) is 2.25. The molecule has 154 valence electrons. The van der Waals surface area contributed by atoms with Crippen molar-refractivity contribution in [3.63, 3.8) is 0 Å². The van der Waals surface area contributed by atoms with Gasteiger partial charge in [-0.05, 0) is 13.8 Å². The molecule has 0 unspecified atom stereocenters. The van der Waals surface area contributed by atoms with Gasteiger partial charge in [-0.2, -0.15) is 0 Å². The first-order valence-corrected chi connectivity index (χ1v) is 9.58. The van der Waals surface area contributed by atoms with E-state index in [-0.39, 0.29) is 24.0 Å². The molecular formula is C20H30IN5O2. The van der Waals surface area contributed by atoms with Crippen molar-refractivity contribution in [2.24, 2.45) is 4.99 Å². The Hall–Kier alpha value is -1.65. The Labute approximate surface area is 184 Å². The molecule has 1 fully saturated rings. The van der Waals surface area contributed by atoms with Crippen molar-refractivity contribution in [3.8, 4) is 11.3 Å². The third-order valence-electron chi connectivity index (χ3n) is 4.43. The standard InChI is InChI=1S/C20H29N5O2.HI/c1-3-21-20(22-8-9-25-10-12-26-13-11-25)24-15-19-23-14-18(27-19)17-6-4-16(2)5-7-17;/h4-7,14H,3,8-13,15H2,1-2H3,(H2,21,22,24);1H. The van der Waals surface area contributed by atoms with E-state index in [1.165, 1.54) is 5.56 Å². The van der Waals surface area contributed by atoms with Crippen molar-refractivity contribution in [2.75, 3.05) is 45.9 Å². The van der Waals surface area contributed by atoms with Crippen molar-refractivity contribution >= 4 is 29.9 Å². The molecule has 28 heavy (non-hydrogen) atoms. The van der Waals surface area contributed by atoms with Gasteiger partial charge in [0.2, 0.25) is 5.89 Å². The topological polar surface area (TPSA) is 74.9 Å². The Kier molecular flexibility index (Phi) is 9.72. The van der Waals surface area contributed by atoms with Gasteiger partial charge in [0, 0.05) is 38.3 Å². The van der Waals surface area contributed by atoms with Crippen LogP contribution in [0.1, 0.15) is 18.4 Å². The van der Waals surface area contributed by atoms with E-state index in [1.54, 1.807) is 6.20 Å². The van der Waals surface area contributed by atoms with Crippen molar-refractivity contribution in [1.29, 1.82) is 0 Å².